The standard InChI is InChI=1S/C19H28N2O4/c1-15-3-2-4-18(9-15)25-14-19(23)21-11-16(17(12-21)13-22)10-20-5-7-24-8-6-20/h2-4,9,16-17,22H,5-8,10-14H2,1H3/t16-,17-/m1/s1. The molecule has 6 nitrogen and oxygen atoms in total. The third-order valence-electron chi connectivity index (χ3n) is 5.11. The minimum atomic E-state index is -0.00978. The molecule has 1 aromatic rings. The third kappa shape index (κ3) is 4.93. The lowest BCUT2D eigenvalue weighted by Crippen LogP contribution is -2.41. The largest absolute Gasteiger partial charge is 0.484 e. The van der Waals surface area contributed by atoms with Crippen molar-refractivity contribution in [3.05, 3.63) is 29.8 Å². The number of rotatable bonds is 6. The molecular weight excluding hydrogens is 320 g/mol. The highest BCUT2D eigenvalue weighted by Gasteiger charge is 2.36. The number of carbonyl (C=O) groups excluding carboxylic acids is 1. The van der Waals surface area contributed by atoms with E-state index >= 15 is 0 Å². The Morgan fingerprint density at radius 2 is 2.04 bits per heavy atom. The fraction of sp³-hybridized carbons (Fsp3) is 0.632. The van der Waals surface area contributed by atoms with Crippen molar-refractivity contribution in [2.24, 2.45) is 11.8 Å². The van der Waals surface area contributed by atoms with Crippen LogP contribution in [-0.4, -0.2) is 80.0 Å². The second-order valence-corrected chi connectivity index (χ2v) is 7.02. The van der Waals surface area contributed by atoms with Crippen molar-refractivity contribution in [3.63, 3.8) is 0 Å². The molecule has 2 heterocycles. The van der Waals surface area contributed by atoms with Gasteiger partial charge in [0.15, 0.2) is 6.61 Å². The van der Waals surface area contributed by atoms with Gasteiger partial charge in [-0.15, -0.1) is 0 Å². The third-order valence-corrected chi connectivity index (χ3v) is 5.11. The van der Waals surface area contributed by atoms with Crippen molar-refractivity contribution >= 4 is 5.91 Å². The van der Waals surface area contributed by atoms with Crippen molar-refractivity contribution in [2.75, 3.05) is 59.2 Å². The number of benzene rings is 1. The maximum absolute atomic E-state index is 12.5. The van der Waals surface area contributed by atoms with E-state index in [9.17, 15) is 9.90 Å². The first-order valence-corrected chi connectivity index (χ1v) is 9.04. The van der Waals surface area contributed by atoms with E-state index in [0.717, 1.165) is 44.2 Å². The van der Waals surface area contributed by atoms with E-state index in [4.69, 9.17) is 9.47 Å². The van der Waals surface area contributed by atoms with Gasteiger partial charge in [0, 0.05) is 45.2 Å². The maximum Gasteiger partial charge on any atom is 0.260 e. The van der Waals surface area contributed by atoms with E-state index in [0.29, 0.717) is 19.0 Å². The van der Waals surface area contributed by atoms with Crippen LogP contribution in [0.25, 0.3) is 0 Å². The summed E-state index contributed by atoms with van der Waals surface area (Å²) in [5.74, 6) is 1.16. The topological polar surface area (TPSA) is 62.2 Å². The summed E-state index contributed by atoms with van der Waals surface area (Å²) in [4.78, 5) is 16.7. The number of ether oxygens (including phenoxy) is 2. The number of morpholine rings is 1. The van der Waals surface area contributed by atoms with Crippen molar-refractivity contribution < 1.29 is 19.4 Å². The fourth-order valence-electron chi connectivity index (χ4n) is 3.61. The number of aryl methyl sites for hydroxylation is 1. The average molecular weight is 348 g/mol. The van der Waals surface area contributed by atoms with Gasteiger partial charge in [0.1, 0.15) is 5.75 Å². The Kier molecular flexibility index (Phi) is 6.29. The van der Waals surface area contributed by atoms with Crippen LogP contribution in [-0.2, 0) is 9.53 Å². The zero-order valence-electron chi connectivity index (χ0n) is 14.9. The minimum absolute atomic E-state index is 0.00978. The molecule has 3 rings (SSSR count). The molecule has 2 aliphatic rings. The van der Waals surface area contributed by atoms with Crippen LogP contribution in [0, 0.1) is 18.8 Å². The number of carbonyl (C=O) groups is 1. The second-order valence-electron chi connectivity index (χ2n) is 7.02. The Balaban J connectivity index is 1.50. The molecule has 0 unspecified atom stereocenters. The van der Waals surface area contributed by atoms with Gasteiger partial charge < -0.3 is 19.5 Å². The van der Waals surface area contributed by atoms with Crippen LogP contribution in [0.3, 0.4) is 0 Å². The van der Waals surface area contributed by atoms with E-state index in [1.54, 1.807) is 0 Å². The first kappa shape index (κ1) is 18.2. The Labute approximate surface area is 149 Å². The molecule has 1 amide bonds. The molecule has 0 bridgehead atoms. The second kappa shape index (κ2) is 8.65. The average Bonchev–Trinajstić information content (AvgIpc) is 3.03. The highest BCUT2D eigenvalue weighted by Crippen LogP contribution is 2.25. The monoisotopic (exact) mass is 348 g/mol. The van der Waals surface area contributed by atoms with E-state index in [1.165, 1.54) is 0 Å². The molecule has 2 saturated heterocycles. The first-order chi connectivity index (χ1) is 12.2. The zero-order chi connectivity index (χ0) is 17.6. The lowest BCUT2D eigenvalue weighted by Gasteiger charge is -2.30. The summed E-state index contributed by atoms with van der Waals surface area (Å²) in [7, 11) is 0. The van der Waals surface area contributed by atoms with Gasteiger partial charge in [0.25, 0.3) is 5.91 Å². The van der Waals surface area contributed by atoms with Crippen LogP contribution in [0.4, 0.5) is 0 Å². The number of aliphatic hydroxyl groups excluding tert-OH is 1. The van der Waals surface area contributed by atoms with Crippen LogP contribution >= 0.6 is 0 Å². The smallest absolute Gasteiger partial charge is 0.260 e. The van der Waals surface area contributed by atoms with Gasteiger partial charge in [-0.05, 0) is 30.5 Å². The highest BCUT2D eigenvalue weighted by molar-refractivity contribution is 5.78. The van der Waals surface area contributed by atoms with Crippen LogP contribution in [0.5, 0.6) is 5.75 Å². The van der Waals surface area contributed by atoms with Crippen molar-refractivity contribution in [3.8, 4) is 5.75 Å². The number of hydrogen-bond acceptors (Lipinski definition) is 5. The summed E-state index contributed by atoms with van der Waals surface area (Å²) in [6, 6.07) is 7.71. The van der Waals surface area contributed by atoms with Gasteiger partial charge in [0.2, 0.25) is 0 Å². The Morgan fingerprint density at radius 3 is 2.76 bits per heavy atom. The summed E-state index contributed by atoms with van der Waals surface area (Å²) in [5, 5.41) is 9.69. The predicted octanol–water partition coefficient (Wildman–Crippen LogP) is 0.773. The summed E-state index contributed by atoms with van der Waals surface area (Å²) in [5.41, 5.74) is 1.11. The Morgan fingerprint density at radius 1 is 1.28 bits per heavy atom. The number of aliphatic hydroxyl groups is 1. The molecule has 0 saturated carbocycles. The van der Waals surface area contributed by atoms with Crippen LogP contribution in [0.2, 0.25) is 0 Å². The summed E-state index contributed by atoms with van der Waals surface area (Å²) >= 11 is 0. The molecule has 25 heavy (non-hydrogen) atoms. The van der Waals surface area contributed by atoms with Gasteiger partial charge >= 0.3 is 0 Å². The lowest BCUT2D eigenvalue weighted by molar-refractivity contribution is -0.132. The molecular formula is C19H28N2O4. The number of likely N-dealkylation sites (tertiary alicyclic amines) is 1. The molecule has 2 fully saturated rings. The van der Waals surface area contributed by atoms with Gasteiger partial charge in [-0.25, -0.2) is 0 Å². The number of nitrogens with zero attached hydrogens (tertiary/aromatic N) is 2. The van der Waals surface area contributed by atoms with Gasteiger partial charge in [-0.1, -0.05) is 12.1 Å². The van der Waals surface area contributed by atoms with E-state index in [1.807, 2.05) is 36.1 Å². The van der Waals surface area contributed by atoms with Gasteiger partial charge in [-0.2, -0.15) is 0 Å². The summed E-state index contributed by atoms with van der Waals surface area (Å²) < 4.78 is 11.0. The molecule has 1 N–H and O–H groups in total. The summed E-state index contributed by atoms with van der Waals surface area (Å²) in [6.45, 7) is 7.78. The highest BCUT2D eigenvalue weighted by atomic mass is 16.5. The normalized spacial score (nSPS) is 24.5. The van der Waals surface area contributed by atoms with Gasteiger partial charge in [-0.3, -0.25) is 9.69 Å². The molecule has 2 atom stereocenters. The molecule has 2 aliphatic heterocycles. The Bertz CT molecular complexity index is 574. The van der Waals surface area contributed by atoms with Crippen molar-refractivity contribution in [2.45, 2.75) is 6.92 Å². The van der Waals surface area contributed by atoms with E-state index in [-0.39, 0.29) is 25.0 Å². The quantitative estimate of drug-likeness (QED) is 0.823. The maximum atomic E-state index is 12.5. The molecule has 0 spiro atoms. The zero-order valence-corrected chi connectivity index (χ0v) is 14.9. The molecule has 138 valence electrons. The molecule has 0 aliphatic carbocycles. The molecule has 1 aromatic carbocycles. The van der Waals surface area contributed by atoms with Crippen molar-refractivity contribution in [1.29, 1.82) is 0 Å². The van der Waals surface area contributed by atoms with Gasteiger partial charge in [0.05, 0.1) is 13.2 Å². The Hall–Kier alpha value is -1.63. The number of amides is 1. The fourth-order valence-corrected chi connectivity index (χ4v) is 3.61. The minimum Gasteiger partial charge on any atom is -0.484 e. The van der Waals surface area contributed by atoms with Crippen LogP contribution < -0.4 is 4.74 Å². The molecule has 0 radical (unpaired) electrons. The van der Waals surface area contributed by atoms with E-state index in [2.05, 4.69) is 4.90 Å². The van der Waals surface area contributed by atoms with Crippen LogP contribution in [0.1, 0.15) is 5.56 Å². The SMILES string of the molecule is Cc1cccc(OCC(=O)N2C[C@@H](CN3CCOCC3)[C@@H](CO)C2)c1. The predicted molar refractivity (Wildman–Crippen MR) is 94.6 cm³/mol. The molecule has 0 aromatic heterocycles. The molecule has 6 heteroatoms. The van der Waals surface area contributed by atoms with E-state index < -0.39 is 0 Å². The summed E-state index contributed by atoms with van der Waals surface area (Å²) in [6.07, 6.45) is 0. The van der Waals surface area contributed by atoms with Crippen LogP contribution in [0.15, 0.2) is 24.3 Å². The number of hydrogen-bond donors (Lipinski definition) is 1. The lowest BCUT2D eigenvalue weighted by atomic mass is 9.96. The van der Waals surface area contributed by atoms with Crippen molar-refractivity contribution in [1.82, 2.24) is 9.80 Å². The first-order valence-electron chi connectivity index (χ1n) is 9.04.